The van der Waals surface area contributed by atoms with Crippen LogP contribution < -0.4 is 15.0 Å². The first-order valence-electron chi connectivity index (χ1n) is 11.4. The third-order valence-electron chi connectivity index (χ3n) is 5.75. The normalized spacial score (nSPS) is 14.6. The van der Waals surface area contributed by atoms with Crippen LogP contribution in [0.5, 0.6) is 5.75 Å². The van der Waals surface area contributed by atoms with Gasteiger partial charge in [0.15, 0.2) is 12.2 Å². The Hall–Kier alpha value is -3.22. The zero-order valence-corrected chi connectivity index (χ0v) is 18.7. The van der Waals surface area contributed by atoms with E-state index in [1.165, 1.54) is 32.1 Å². The van der Waals surface area contributed by atoms with Gasteiger partial charge in [0.1, 0.15) is 11.3 Å². The number of fused-ring (bicyclic) bond motifs is 1. The molecule has 0 atom stereocenters. The van der Waals surface area contributed by atoms with E-state index in [1.807, 2.05) is 42.5 Å². The molecule has 7 nitrogen and oxygen atoms in total. The summed E-state index contributed by atoms with van der Waals surface area (Å²) in [5.74, 6) is -0.0221. The molecule has 0 spiro atoms. The van der Waals surface area contributed by atoms with Gasteiger partial charge in [0.2, 0.25) is 0 Å². The second kappa shape index (κ2) is 9.94. The van der Waals surface area contributed by atoms with Crippen LogP contribution in [0, 0.1) is 5.92 Å². The number of nitrogens with one attached hydrogen (secondary N) is 1. The maximum absolute atomic E-state index is 11.0. The van der Waals surface area contributed by atoms with Gasteiger partial charge in [-0.05, 0) is 43.0 Å². The number of hydrogen-bond acceptors (Lipinski definition) is 6. The molecule has 1 fully saturated rings. The predicted molar refractivity (Wildman–Crippen MR) is 126 cm³/mol. The lowest BCUT2D eigenvalue weighted by molar-refractivity contribution is -0.139. The third kappa shape index (κ3) is 5.33. The average Bonchev–Trinajstić information content (AvgIpc) is 3.19. The van der Waals surface area contributed by atoms with E-state index in [0.29, 0.717) is 29.3 Å². The number of nitrogens with zero attached hydrogens (tertiary/aromatic N) is 2. The van der Waals surface area contributed by atoms with Gasteiger partial charge in [0.25, 0.3) is 6.01 Å². The van der Waals surface area contributed by atoms with E-state index >= 15 is 0 Å². The maximum Gasteiger partial charge on any atom is 0.341 e. The van der Waals surface area contributed by atoms with Crippen molar-refractivity contribution in [3.8, 4) is 5.75 Å². The Labute approximate surface area is 188 Å². The zero-order valence-electron chi connectivity index (χ0n) is 18.7. The molecular weight excluding hydrogens is 406 g/mol. The molecule has 1 aromatic heterocycles. The summed E-state index contributed by atoms with van der Waals surface area (Å²) in [4.78, 5) is 18.0. The number of carboxylic acid groups (broad SMARTS) is 1. The minimum Gasteiger partial charge on any atom is -0.482 e. The summed E-state index contributed by atoms with van der Waals surface area (Å²) in [5.41, 5.74) is 3.34. The molecule has 3 aromatic rings. The van der Waals surface area contributed by atoms with Gasteiger partial charge in [-0.1, -0.05) is 45.2 Å². The van der Waals surface area contributed by atoms with Crippen LogP contribution in [-0.2, 0) is 4.79 Å². The Bertz CT molecular complexity index is 1020. The van der Waals surface area contributed by atoms with Crippen molar-refractivity contribution in [2.45, 2.75) is 52.0 Å². The van der Waals surface area contributed by atoms with Crippen LogP contribution in [-0.4, -0.2) is 35.3 Å². The minimum atomic E-state index is -1.01. The number of carbonyl (C=O) groups is 1. The fourth-order valence-corrected chi connectivity index (χ4v) is 4.37. The number of benzene rings is 2. The number of hydrogen-bond donors (Lipinski definition) is 2. The molecule has 0 saturated heterocycles. The summed E-state index contributed by atoms with van der Waals surface area (Å²) in [6.07, 6.45) is 6.13. The SMILES string of the molecule is CC(C)CN(c1ccc(OCC(=O)O)cc1Nc1nc2ccccc2o1)C1CCCCC1. The highest BCUT2D eigenvalue weighted by molar-refractivity contribution is 5.79. The molecule has 7 heteroatoms. The monoisotopic (exact) mass is 437 g/mol. The van der Waals surface area contributed by atoms with Crippen LogP contribution in [0.15, 0.2) is 46.9 Å². The second-order valence-electron chi connectivity index (χ2n) is 8.81. The number of aromatic nitrogens is 1. The summed E-state index contributed by atoms with van der Waals surface area (Å²) >= 11 is 0. The highest BCUT2D eigenvalue weighted by Gasteiger charge is 2.25. The molecule has 0 radical (unpaired) electrons. The van der Waals surface area contributed by atoms with Crippen molar-refractivity contribution in [3.63, 3.8) is 0 Å². The fraction of sp³-hybridized carbons (Fsp3) is 0.440. The summed E-state index contributed by atoms with van der Waals surface area (Å²) in [7, 11) is 0. The van der Waals surface area contributed by atoms with E-state index in [0.717, 1.165) is 23.4 Å². The number of ether oxygens (including phenoxy) is 1. The van der Waals surface area contributed by atoms with Crippen LogP contribution in [0.25, 0.3) is 11.1 Å². The molecule has 2 N–H and O–H groups in total. The number of oxazole rings is 1. The molecule has 32 heavy (non-hydrogen) atoms. The topological polar surface area (TPSA) is 87.8 Å². The first kappa shape index (κ1) is 22.0. The molecule has 1 heterocycles. The molecular formula is C25H31N3O4. The summed E-state index contributed by atoms with van der Waals surface area (Å²) in [6.45, 7) is 5.00. The van der Waals surface area contributed by atoms with Crippen LogP contribution in [0.2, 0.25) is 0 Å². The van der Waals surface area contributed by atoms with Gasteiger partial charge in [0, 0.05) is 18.7 Å². The van der Waals surface area contributed by atoms with Gasteiger partial charge < -0.3 is 24.5 Å². The van der Waals surface area contributed by atoms with Gasteiger partial charge >= 0.3 is 5.97 Å². The Balaban J connectivity index is 1.70. The molecule has 1 saturated carbocycles. The van der Waals surface area contributed by atoms with Crippen molar-refractivity contribution in [1.29, 1.82) is 0 Å². The lowest BCUT2D eigenvalue weighted by Gasteiger charge is -2.38. The van der Waals surface area contributed by atoms with Crippen molar-refractivity contribution in [1.82, 2.24) is 4.98 Å². The fourth-order valence-electron chi connectivity index (χ4n) is 4.37. The average molecular weight is 438 g/mol. The van der Waals surface area contributed by atoms with E-state index in [4.69, 9.17) is 14.3 Å². The molecule has 0 amide bonds. The lowest BCUT2D eigenvalue weighted by Crippen LogP contribution is -2.39. The lowest BCUT2D eigenvalue weighted by atomic mass is 9.93. The molecule has 1 aliphatic carbocycles. The number of aliphatic carboxylic acids is 1. The van der Waals surface area contributed by atoms with E-state index in [-0.39, 0.29) is 6.61 Å². The first-order valence-corrected chi connectivity index (χ1v) is 11.4. The van der Waals surface area contributed by atoms with Crippen molar-refractivity contribution in [3.05, 3.63) is 42.5 Å². The molecule has 2 aromatic carbocycles. The Morgan fingerprint density at radius 2 is 2.00 bits per heavy atom. The van der Waals surface area contributed by atoms with Gasteiger partial charge in [-0.3, -0.25) is 0 Å². The zero-order chi connectivity index (χ0) is 22.5. The Morgan fingerprint density at radius 3 is 2.72 bits per heavy atom. The number of anilines is 3. The van der Waals surface area contributed by atoms with Gasteiger partial charge in [0.05, 0.1) is 11.4 Å². The molecule has 0 aliphatic heterocycles. The smallest absolute Gasteiger partial charge is 0.341 e. The van der Waals surface area contributed by atoms with E-state index in [9.17, 15) is 4.79 Å². The summed E-state index contributed by atoms with van der Waals surface area (Å²) < 4.78 is 11.4. The van der Waals surface area contributed by atoms with Crippen molar-refractivity contribution < 1.29 is 19.1 Å². The Morgan fingerprint density at radius 1 is 1.22 bits per heavy atom. The first-order chi connectivity index (χ1) is 15.5. The summed E-state index contributed by atoms with van der Waals surface area (Å²) in [6, 6.07) is 14.2. The molecule has 0 bridgehead atoms. The highest BCUT2D eigenvalue weighted by Crippen LogP contribution is 2.37. The van der Waals surface area contributed by atoms with E-state index in [1.54, 1.807) is 0 Å². The number of rotatable bonds is 9. The third-order valence-corrected chi connectivity index (χ3v) is 5.75. The molecule has 0 unspecified atom stereocenters. The van der Waals surface area contributed by atoms with Crippen molar-refractivity contribution in [2.75, 3.05) is 23.4 Å². The predicted octanol–water partition coefficient (Wildman–Crippen LogP) is 5.83. The minimum absolute atomic E-state index is 0.389. The van der Waals surface area contributed by atoms with Crippen molar-refractivity contribution >= 4 is 34.5 Å². The largest absolute Gasteiger partial charge is 0.482 e. The molecule has 170 valence electrons. The van der Waals surface area contributed by atoms with Gasteiger partial charge in [-0.15, -0.1) is 0 Å². The van der Waals surface area contributed by atoms with Gasteiger partial charge in [-0.25, -0.2) is 4.79 Å². The van der Waals surface area contributed by atoms with Gasteiger partial charge in [-0.2, -0.15) is 4.98 Å². The summed E-state index contributed by atoms with van der Waals surface area (Å²) in [5, 5.41) is 12.3. The standard InChI is InChI=1S/C25H31N3O4/c1-17(2)15-28(18-8-4-3-5-9-18)22-13-12-19(31-16-24(29)30)14-21(22)27-25-26-20-10-6-7-11-23(20)32-25/h6-7,10-14,17-18H,3-5,8-9,15-16H2,1-2H3,(H,26,27)(H,29,30). The van der Waals surface area contributed by atoms with Crippen LogP contribution in [0.3, 0.4) is 0 Å². The van der Waals surface area contributed by atoms with Crippen LogP contribution in [0.1, 0.15) is 46.0 Å². The second-order valence-corrected chi connectivity index (χ2v) is 8.81. The molecule has 4 rings (SSSR count). The molecule has 1 aliphatic rings. The van der Waals surface area contributed by atoms with Crippen molar-refractivity contribution in [2.24, 2.45) is 5.92 Å². The number of carboxylic acids is 1. The van der Waals surface area contributed by atoms with E-state index in [2.05, 4.69) is 29.0 Å². The van der Waals surface area contributed by atoms with E-state index < -0.39 is 5.97 Å². The van der Waals surface area contributed by atoms with Crippen LogP contribution >= 0.6 is 0 Å². The Kier molecular flexibility index (Phi) is 6.83. The quantitative estimate of drug-likeness (QED) is 0.435. The number of para-hydroxylation sites is 2. The maximum atomic E-state index is 11.0. The highest BCUT2D eigenvalue weighted by atomic mass is 16.5. The van der Waals surface area contributed by atoms with Crippen LogP contribution in [0.4, 0.5) is 17.4 Å².